The van der Waals surface area contributed by atoms with Crippen LogP contribution < -0.4 is 0 Å². The van der Waals surface area contributed by atoms with Gasteiger partial charge in [-0.2, -0.15) is 5.26 Å². The summed E-state index contributed by atoms with van der Waals surface area (Å²) in [6.07, 6.45) is 15.6. The quantitative estimate of drug-likeness (QED) is 0.521. The second-order valence-electron chi connectivity index (χ2n) is 5.16. The van der Waals surface area contributed by atoms with E-state index in [4.69, 9.17) is 10.00 Å². The Morgan fingerprint density at radius 3 is 2.18 bits per heavy atom. The molecule has 0 aromatic heterocycles. The monoisotopic (exact) mass is 237 g/mol. The van der Waals surface area contributed by atoms with E-state index in [1.807, 2.05) is 0 Å². The lowest BCUT2D eigenvalue weighted by molar-refractivity contribution is 0.102. The van der Waals surface area contributed by atoms with E-state index in [0.717, 1.165) is 19.4 Å². The van der Waals surface area contributed by atoms with Gasteiger partial charge in [0.1, 0.15) is 0 Å². The Bertz CT molecular complexity index is 203. The molecule has 0 N–H and O–H groups in total. The van der Waals surface area contributed by atoms with Crippen molar-refractivity contribution in [3.8, 4) is 6.07 Å². The average Bonchev–Trinajstić information content (AvgIpc) is 2.85. The summed E-state index contributed by atoms with van der Waals surface area (Å²) < 4.78 is 5.61. The van der Waals surface area contributed by atoms with Gasteiger partial charge in [0.2, 0.25) is 0 Å². The highest BCUT2D eigenvalue weighted by atomic mass is 16.5. The second-order valence-corrected chi connectivity index (χ2v) is 5.16. The fourth-order valence-electron chi connectivity index (χ4n) is 2.51. The lowest BCUT2D eigenvalue weighted by atomic mass is 10.0. The van der Waals surface area contributed by atoms with E-state index in [2.05, 4.69) is 6.07 Å². The molecule has 1 aliphatic rings. The number of nitriles is 1. The zero-order valence-corrected chi connectivity index (χ0v) is 11.1. The molecule has 98 valence electrons. The molecule has 1 aliphatic heterocycles. The van der Waals surface area contributed by atoms with Crippen molar-refractivity contribution in [1.29, 1.82) is 5.26 Å². The van der Waals surface area contributed by atoms with Crippen molar-refractivity contribution in [2.24, 2.45) is 0 Å². The van der Waals surface area contributed by atoms with E-state index in [1.165, 1.54) is 64.2 Å². The highest BCUT2D eigenvalue weighted by Gasteiger charge is 2.14. The molecule has 1 fully saturated rings. The van der Waals surface area contributed by atoms with Crippen molar-refractivity contribution in [3.63, 3.8) is 0 Å². The molecule has 1 heterocycles. The van der Waals surface area contributed by atoms with Gasteiger partial charge >= 0.3 is 0 Å². The van der Waals surface area contributed by atoms with Crippen LogP contribution in [0.25, 0.3) is 0 Å². The maximum absolute atomic E-state index is 8.40. The first-order chi connectivity index (χ1) is 8.43. The maximum Gasteiger partial charge on any atom is 0.0621 e. The molecule has 0 bridgehead atoms. The van der Waals surface area contributed by atoms with Gasteiger partial charge in [0, 0.05) is 13.0 Å². The van der Waals surface area contributed by atoms with Crippen LogP contribution in [0.3, 0.4) is 0 Å². The van der Waals surface area contributed by atoms with Gasteiger partial charge in [-0.25, -0.2) is 0 Å². The molecule has 1 unspecified atom stereocenters. The van der Waals surface area contributed by atoms with Crippen molar-refractivity contribution in [1.82, 2.24) is 0 Å². The summed E-state index contributed by atoms with van der Waals surface area (Å²) in [5, 5.41) is 8.40. The largest absolute Gasteiger partial charge is 0.378 e. The maximum atomic E-state index is 8.40. The van der Waals surface area contributed by atoms with Crippen LogP contribution in [0.2, 0.25) is 0 Å². The average molecular weight is 237 g/mol. The third kappa shape index (κ3) is 8.21. The number of nitrogens with zero attached hydrogens (tertiary/aromatic N) is 1. The van der Waals surface area contributed by atoms with Crippen LogP contribution in [0.5, 0.6) is 0 Å². The zero-order valence-electron chi connectivity index (χ0n) is 11.1. The van der Waals surface area contributed by atoms with Crippen molar-refractivity contribution < 1.29 is 4.74 Å². The van der Waals surface area contributed by atoms with E-state index in [1.54, 1.807) is 0 Å². The lowest BCUT2D eigenvalue weighted by Crippen LogP contribution is -2.03. The summed E-state index contributed by atoms with van der Waals surface area (Å²) in [6, 6.07) is 2.20. The van der Waals surface area contributed by atoms with Gasteiger partial charge in [0.25, 0.3) is 0 Å². The van der Waals surface area contributed by atoms with Crippen molar-refractivity contribution in [3.05, 3.63) is 0 Å². The smallest absolute Gasteiger partial charge is 0.0621 e. The number of rotatable bonds is 10. The minimum atomic E-state index is 0.584. The highest BCUT2D eigenvalue weighted by molar-refractivity contribution is 4.67. The van der Waals surface area contributed by atoms with Crippen LogP contribution in [0.15, 0.2) is 0 Å². The summed E-state index contributed by atoms with van der Waals surface area (Å²) in [4.78, 5) is 0. The minimum Gasteiger partial charge on any atom is -0.378 e. The van der Waals surface area contributed by atoms with Crippen LogP contribution in [0.1, 0.15) is 77.0 Å². The van der Waals surface area contributed by atoms with Crippen LogP contribution in [-0.2, 0) is 4.74 Å². The van der Waals surface area contributed by atoms with Crippen LogP contribution in [-0.4, -0.2) is 12.7 Å². The lowest BCUT2D eigenvalue weighted by Gasteiger charge is -2.08. The van der Waals surface area contributed by atoms with E-state index in [0.29, 0.717) is 6.10 Å². The molecule has 2 nitrogen and oxygen atoms in total. The summed E-state index contributed by atoms with van der Waals surface area (Å²) in [7, 11) is 0. The molecule has 1 atom stereocenters. The number of ether oxygens (including phenoxy) is 1. The molecule has 0 aliphatic carbocycles. The van der Waals surface area contributed by atoms with Gasteiger partial charge in [-0.15, -0.1) is 0 Å². The minimum absolute atomic E-state index is 0.584. The predicted octanol–water partition coefficient (Wildman–Crippen LogP) is 4.59. The van der Waals surface area contributed by atoms with Crippen LogP contribution >= 0.6 is 0 Å². The third-order valence-electron chi connectivity index (χ3n) is 3.59. The second kappa shape index (κ2) is 10.6. The zero-order chi connectivity index (χ0) is 12.2. The van der Waals surface area contributed by atoms with Crippen molar-refractivity contribution >= 4 is 0 Å². The molecule has 0 radical (unpaired) electrons. The molecule has 2 heteroatoms. The first kappa shape index (κ1) is 14.5. The molecule has 0 amide bonds. The summed E-state index contributed by atoms with van der Waals surface area (Å²) in [6.45, 7) is 0.993. The van der Waals surface area contributed by atoms with Gasteiger partial charge in [0.15, 0.2) is 0 Å². The summed E-state index contributed by atoms with van der Waals surface area (Å²) in [5.74, 6) is 0. The SMILES string of the molecule is N#CCCCCCCCCCCC1CCCO1. The van der Waals surface area contributed by atoms with Crippen molar-refractivity contribution in [2.45, 2.75) is 83.2 Å². The molecule has 1 rings (SSSR count). The summed E-state index contributed by atoms with van der Waals surface area (Å²) >= 11 is 0. The van der Waals surface area contributed by atoms with E-state index >= 15 is 0 Å². The highest BCUT2D eigenvalue weighted by Crippen LogP contribution is 2.19. The Kier molecular flexibility index (Phi) is 9.04. The molecule has 0 aromatic carbocycles. The van der Waals surface area contributed by atoms with E-state index in [-0.39, 0.29) is 0 Å². The third-order valence-corrected chi connectivity index (χ3v) is 3.59. The normalized spacial score (nSPS) is 19.4. The first-order valence-corrected chi connectivity index (χ1v) is 7.42. The summed E-state index contributed by atoms with van der Waals surface area (Å²) in [5.41, 5.74) is 0. The molecule has 17 heavy (non-hydrogen) atoms. The fourth-order valence-corrected chi connectivity index (χ4v) is 2.51. The van der Waals surface area contributed by atoms with E-state index < -0.39 is 0 Å². The predicted molar refractivity (Wildman–Crippen MR) is 70.8 cm³/mol. The Morgan fingerprint density at radius 2 is 1.59 bits per heavy atom. The molecular weight excluding hydrogens is 210 g/mol. The number of hydrogen-bond acceptors (Lipinski definition) is 2. The molecular formula is C15H27NO. The van der Waals surface area contributed by atoms with Crippen molar-refractivity contribution in [2.75, 3.05) is 6.61 Å². The Hall–Kier alpha value is -0.550. The Labute approximate surface area is 106 Å². The van der Waals surface area contributed by atoms with E-state index in [9.17, 15) is 0 Å². The number of hydrogen-bond donors (Lipinski definition) is 0. The van der Waals surface area contributed by atoms with Gasteiger partial charge in [0.05, 0.1) is 12.2 Å². The molecule has 0 aromatic rings. The standard InChI is InChI=1S/C15H27NO/c16-13-9-7-5-3-1-2-4-6-8-11-15-12-10-14-17-15/h15H,1-12,14H2. The first-order valence-electron chi connectivity index (χ1n) is 7.42. The van der Waals surface area contributed by atoms with Gasteiger partial charge in [-0.1, -0.05) is 44.9 Å². The van der Waals surface area contributed by atoms with Crippen LogP contribution in [0, 0.1) is 11.3 Å². The Morgan fingerprint density at radius 1 is 0.941 bits per heavy atom. The fraction of sp³-hybridized carbons (Fsp3) is 0.933. The van der Waals surface area contributed by atoms with Gasteiger partial charge in [-0.05, 0) is 25.7 Å². The van der Waals surface area contributed by atoms with Gasteiger partial charge < -0.3 is 4.74 Å². The Balaban J connectivity index is 1.71. The van der Waals surface area contributed by atoms with Crippen LogP contribution in [0.4, 0.5) is 0 Å². The number of unbranched alkanes of at least 4 members (excludes halogenated alkanes) is 8. The molecule has 0 saturated carbocycles. The van der Waals surface area contributed by atoms with Gasteiger partial charge in [-0.3, -0.25) is 0 Å². The molecule has 1 saturated heterocycles. The molecule has 0 spiro atoms. The topological polar surface area (TPSA) is 33.0 Å².